The van der Waals surface area contributed by atoms with Crippen molar-refractivity contribution in [1.29, 1.82) is 0 Å². The van der Waals surface area contributed by atoms with Crippen molar-refractivity contribution >= 4 is 17.8 Å². The number of amides is 2. The minimum atomic E-state index is -2.74. The summed E-state index contributed by atoms with van der Waals surface area (Å²) in [6.45, 7) is 3.84. The predicted octanol–water partition coefficient (Wildman–Crippen LogP) is 2.12. The van der Waals surface area contributed by atoms with E-state index < -0.39 is 41.8 Å². The van der Waals surface area contributed by atoms with E-state index in [-0.39, 0.29) is 50.5 Å². The van der Waals surface area contributed by atoms with Crippen molar-refractivity contribution in [1.82, 2.24) is 10.2 Å². The van der Waals surface area contributed by atoms with Gasteiger partial charge in [-0.25, -0.2) is 8.78 Å². The van der Waals surface area contributed by atoms with Gasteiger partial charge in [-0.1, -0.05) is 13.8 Å². The van der Waals surface area contributed by atoms with Crippen LogP contribution in [0.15, 0.2) is 0 Å². The second-order valence-electron chi connectivity index (χ2n) is 8.96. The molecule has 2 rings (SSSR count). The van der Waals surface area contributed by atoms with Gasteiger partial charge in [-0.3, -0.25) is 14.4 Å². The van der Waals surface area contributed by atoms with E-state index in [0.29, 0.717) is 19.4 Å². The lowest BCUT2D eigenvalue weighted by molar-refractivity contribution is -0.162. The van der Waals surface area contributed by atoms with Crippen LogP contribution in [0.25, 0.3) is 0 Å². The summed E-state index contributed by atoms with van der Waals surface area (Å²) in [6, 6.07) is 0. The average Bonchev–Trinajstić information content (AvgIpc) is 2.67. The molecule has 1 saturated carbocycles. The average molecular weight is 433 g/mol. The smallest absolute Gasteiger partial charge is 0.309 e. The van der Waals surface area contributed by atoms with Gasteiger partial charge in [0.25, 0.3) is 0 Å². The number of esters is 1. The number of ether oxygens (including phenoxy) is 1. The Morgan fingerprint density at radius 2 is 1.80 bits per heavy atom. The van der Waals surface area contributed by atoms with Crippen molar-refractivity contribution in [2.24, 2.45) is 17.8 Å². The normalized spacial score (nSPS) is 32.4. The molecule has 4 atom stereocenters. The molecule has 9 heteroatoms. The van der Waals surface area contributed by atoms with Crippen LogP contribution in [0.5, 0.6) is 0 Å². The van der Waals surface area contributed by atoms with E-state index in [4.69, 9.17) is 4.74 Å². The molecule has 0 spiro atoms. The second kappa shape index (κ2) is 10.5. The fourth-order valence-electron chi connectivity index (χ4n) is 4.14. The highest BCUT2D eigenvalue weighted by molar-refractivity contribution is 5.86. The van der Waals surface area contributed by atoms with Gasteiger partial charge in [0.1, 0.15) is 6.10 Å². The number of rotatable bonds is 2. The molecule has 2 fully saturated rings. The van der Waals surface area contributed by atoms with Crippen LogP contribution in [0.3, 0.4) is 0 Å². The van der Waals surface area contributed by atoms with E-state index in [9.17, 15) is 28.3 Å². The molecule has 1 aliphatic heterocycles. The van der Waals surface area contributed by atoms with E-state index >= 15 is 0 Å². The Hall–Kier alpha value is -1.77. The molecule has 0 aromatic rings. The molecular formula is C21H34F2N2O5. The molecule has 0 aromatic heterocycles. The van der Waals surface area contributed by atoms with Crippen LogP contribution in [0.4, 0.5) is 8.78 Å². The summed E-state index contributed by atoms with van der Waals surface area (Å²) >= 11 is 0. The lowest BCUT2D eigenvalue weighted by atomic mass is 9.86. The maximum absolute atomic E-state index is 13.4. The number of aliphatic hydroxyl groups is 1. The number of nitrogens with zero attached hydrogens (tertiary/aromatic N) is 1. The van der Waals surface area contributed by atoms with Crippen molar-refractivity contribution in [2.45, 2.75) is 76.9 Å². The van der Waals surface area contributed by atoms with Gasteiger partial charge in [-0.15, -0.1) is 0 Å². The maximum Gasteiger partial charge on any atom is 0.309 e. The minimum Gasteiger partial charge on any atom is -0.461 e. The highest BCUT2D eigenvalue weighted by atomic mass is 19.3. The third kappa shape index (κ3) is 7.18. The molecule has 0 aromatic carbocycles. The Bertz CT molecular complexity index is 621. The first-order valence-electron chi connectivity index (χ1n) is 10.8. The first kappa shape index (κ1) is 24.5. The number of carbonyl (C=O) groups is 3. The molecule has 1 saturated heterocycles. The predicted molar refractivity (Wildman–Crippen MR) is 106 cm³/mol. The van der Waals surface area contributed by atoms with Crippen LogP contribution in [0.2, 0.25) is 0 Å². The molecule has 2 amide bonds. The summed E-state index contributed by atoms with van der Waals surface area (Å²) in [5, 5.41) is 13.0. The van der Waals surface area contributed by atoms with Gasteiger partial charge in [0.05, 0.1) is 24.5 Å². The number of carbonyl (C=O) groups excluding carboxylic acids is 3. The summed E-state index contributed by atoms with van der Waals surface area (Å²) in [5.41, 5.74) is 0. The van der Waals surface area contributed by atoms with Crippen LogP contribution in [0, 0.1) is 17.8 Å². The van der Waals surface area contributed by atoms with Gasteiger partial charge < -0.3 is 20.1 Å². The van der Waals surface area contributed by atoms with Crippen LogP contribution in [0.1, 0.15) is 58.8 Å². The standard InChI is InChI=1S/C21H34F2N2O5/c1-13-10-16(26)4-5-17(14(2)19(28)24-11-18(27)25(3)12-13)30-20(29)15-6-8-21(22,23)9-7-15/h13-17,26H,4-12H2,1-3H3,(H,24,28)/t13-,14-,16+,17+/m1/s1. The fourth-order valence-corrected chi connectivity index (χ4v) is 4.14. The molecular weight excluding hydrogens is 398 g/mol. The molecule has 1 aliphatic carbocycles. The molecule has 1 heterocycles. The first-order chi connectivity index (χ1) is 14.0. The quantitative estimate of drug-likeness (QED) is 0.652. The van der Waals surface area contributed by atoms with Crippen molar-refractivity contribution in [2.75, 3.05) is 20.1 Å². The summed E-state index contributed by atoms with van der Waals surface area (Å²) in [5.74, 6) is -5.26. The van der Waals surface area contributed by atoms with Crippen LogP contribution in [-0.4, -0.2) is 66.1 Å². The highest BCUT2D eigenvalue weighted by Crippen LogP contribution is 2.37. The van der Waals surface area contributed by atoms with Gasteiger partial charge in [0.2, 0.25) is 17.7 Å². The Morgan fingerprint density at radius 1 is 1.17 bits per heavy atom. The number of alkyl halides is 2. The van der Waals surface area contributed by atoms with Crippen LogP contribution < -0.4 is 5.32 Å². The Morgan fingerprint density at radius 3 is 2.43 bits per heavy atom. The summed E-state index contributed by atoms with van der Waals surface area (Å²) in [6.07, 6.45) is -0.945. The van der Waals surface area contributed by atoms with E-state index in [2.05, 4.69) is 5.32 Å². The Labute approximate surface area is 176 Å². The molecule has 7 nitrogen and oxygen atoms in total. The lowest BCUT2D eigenvalue weighted by Gasteiger charge is -2.30. The lowest BCUT2D eigenvalue weighted by Crippen LogP contribution is -2.44. The van der Waals surface area contributed by atoms with Gasteiger partial charge >= 0.3 is 5.97 Å². The monoisotopic (exact) mass is 432 g/mol. The third-order valence-electron chi connectivity index (χ3n) is 6.17. The zero-order valence-electron chi connectivity index (χ0n) is 18.0. The molecule has 172 valence electrons. The number of hydrogen-bond donors (Lipinski definition) is 2. The molecule has 0 bridgehead atoms. The molecule has 2 aliphatic rings. The molecule has 0 radical (unpaired) electrons. The largest absolute Gasteiger partial charge is 0.461 e. The zero-order valence-corrected chi connectivity index (χ0v) is 18.0. The Kier molecular flexibility index (Phi) is 8.58. The van der Waals surface area contributed by atoms with Gasteiger partial charge in [-0.2, -0.15) is 0 Å². The van der Waals surface area contributed by atoms with Gasteiger partial charge in [-0.05, 0) is 38.0 Å². The fraction of sp³-hybridized carbons (Fsp3) is 0.857. The number of nitrogens with one attached hydrogen (secondary N) is 1. The van der Waals surface area contributed by atoms with Crippen molar-refractivity contribution in [3.05, 3.63) is 0 Å². The van der Waals surface area contributed by atoms with Crippen molar-refractivity contribution in [3.8, 4) is 0 Å². The number of likely N-dealkylation sites (N-methyl/N-ethyl adjacent to an activating group) is 1. The summed E-state index contributed by atoms with van der Waals surface area (Å²) in [7, 11) is 1.65. The number of hydrogen-bond acceptors (Lipinski definition) is 5. The topological polar surface area (TPSA) is 95.9 Å². The summed E-state index contributed by atoms with van der Waals surface area (Å²) in [4.78, 5) is 38.8. The van der Waals surface area contributed by atoms with E-state index in [1.54, 1.807) is 14.0 Å². The van der Waals surface area contributed by atoms with E-state index in [1.807, 2.05) is 6.92 Å². The van der Waals surface area contributed by atoms with E-state index in [1.165, 1.54) is 4.90 Å². The third-order valence-corrected chi connectivity index (χ3v) is 6.17. The minimum absolute atomic E-state index is 0.0557. The maximum atomic E-state index is 13.4. The van der Waals surface area contributed by atoms with Crippen molar-refractivity contribution < 1.29 is 33.0 Å². The van der Waals surface area contributed by atoms with Gasteiger partial charge in [0, 0.05) is 26.4 Å². The van der Waals surface area contributed by atoms with Gasteiger partial charge in [0.15, 0.2) is 0 Å². The SMILES string of the molecule is C[C@@H]1C[C@@H](O)CC[C@H](OC(=O)C2CCC(F)(F)CC2)[C@@H](C)C(=O)NCC(=O)N(C)C1. The molecule has 2 N–H and O–H groups in total. The second-order valence-corrected chi connectivity index (χ2v) is 8.96. The van der Waals surface area contributed by atoms with Crippen LogP contribution >= 0.6 is 0 Å². The molecule has 0 unspecified atom stereocenters. The van der Waals surface area contributed by atoms with Crippen LogP contribution in [-0.2, 0) is 19.1 Å². The van der Waals surface area contributed by atoms with E-state index in [0.717, 1.165) is 0 Å². The summed E-state index contributed by atoms with van der Waals surface area (Å²) < 4.78 is 32.3. The highest BCUT2D eigenvalue weighted by Gasteiger charge is 2.39. The van der Waals surface area contributed by atoms with Crippen molar-refractivity contribution in [3.63, 3.8) is 0 Å². The number of aliphatic hydroxyl groups excluding tert-OH is 1. The number of halogens is 2. The molecule has 30 heavy (non-hydrogen) atoms. The zero-order chi connectivity index (χ0) is 22.5. The Balaban J connectivity index is 2.07. The first-order valence-corrected chi connectivity index (χ1v) is 10.8.